The Morgan fingerprint density at radius 3 is 2.70 bits per heavy atom. The van der Waals surface area contributed by atoms with Gasteiger partial charge in [-0.25, -0.2) is 9.82 Å². The van der Waals surface area contributed by atoms with Crippen LogP contribution in [0.5, 0.6) is 11.5 Å². The smallest absolute Gasteiger partial charge is 0.307 e. The van der Waals surface area contributed by atoms with Crippen LogP contribution in [0.3, 0.4) is 0 Å². The monoisotopic (exact) mass is 368 g/mol. The Bertz CT molecular complexity index is 922. The van der Waals surface area contributed by atoms with E-state index in [0.29, 0.717) is 17.1 Å². The van der Waals surface area contributed by atoms with Crippen LogP contribution in [0, 0.1) is 5.82 Å². The summed E-state index contributed by atoms with van der Waals surface area (Å²) in [6.45, 7) is 0.281. The molecule has 0 aliphatic carbocycles. The van der Waals surface area contributed by atoms with Crippen LogP contribution < -0.4 is 14.9 Å². The number of carbonyl (C=O) groups is 1. The first-order chi connectivity index (χ1) is 13.2. The highest BCUT2D eigenvalue weighted by molar-refractivity contribution is 5.92. The number of furan rings is 1. The number of nitrogens with zero attached hydrogens (tertiary/aromatic N) is 1. The highest BCUT2D eigenvalue weighted by Gasteiger charge is 2.07. The van der Waals surface area contributed by atoms with Gasteiger partial charge in [0.25, 0.3) is 0 Å². The number of hydrogen-bond donors (Lipinski definition) is 1. The van der Waals surface area contributed by atoms with E-state index in [9.17, 15) is 9.18 Å². The molecule has 0 atom stereocenters. The minimum atomic E-state index is -0.442. The van der Waals surface area contributed by atoms with Gasteiger partial charge in [-0.3, -0.25) is 4.79 Å². The molecule has 1 aromatic heterocycles. The average Bonchev–Trinajstić information content (AvgIpc) is 3.23. The summed E-state index contributed by atoms with van der Waals surface area (Å²) in [6.07, 6.45) is 2.89. The molecule has 138 valence electrons. The van der Waals surface area contributed by atoms with E-state index in [0.717, 1.165) is 5.56 Å². The van der Waals surface area contributed by atoms with E-state index in [1.165, 1.54) is 31.7 Å². The molecule has 1 heterocycles. The number of carbonyl (C=O) groups excluding carboxylic acids is 1. The molecule has 0 radical (unpaired) electrons. The fraction of sp³-hybridized carbons (Fsp3) is 0.100. The van der Waals surface area contributed by atoms with Crippen molar-refractivity contribution >= 4 is 12.1 Å². The second-order valence-electron chi connectivity index (χ2n) is 5.50. The van der Waals surface area contributed by atoms with Gasteiger partial charge in [0.15, 0.2) is 17.3 Å². The standard InChI is InChI=1S/C20H17FN2O4/c1-25-19-11-15(12-22-23-20(24)18-3-2-10-26-18)6-9-17(19)27-13-14-4-7-16(21)8-5-14/h2-12H,13H2,1H3,(H,23,24)/b22-12-. The van der Waals surface area contributed by atoms with Crippen LogP contribution in [-0.4, -0.2) is 19.2 Å². The third-order valence-electron chi connectivity index (χ3n) is 3.62. The number of rotatable bonds is 7. The number of ether oxygens (including phenoxy) is 2. The number of halogens is 1. The Morgan fingerprint density at radius 2 is 2.00 bits per heavy atom. The van der Waals surface area contributed by atoms with Crippen molar-refractivity contribution in [1.82, 2.24) is 5.43 Å². The van der Waals surface area contributed by atoms with E-state index in [2.05, 4.69) is 10.5 Å². The van der Waals surface area contributed by atoms with E-state index < -0.39 is 5.91 Å². The summed E-state index contributed by atoms with van der Waals surface area (Å²) >= 11 is 0. The van der Waals surface area contributed by atoms with Crippen molar-refractivity contribution in [3.63, 3.8) is 0 Å². The molecule has 1 N–H and O–H groups in total. The molecule has 0 fully saturated rings. The van der Waals surface area contributed by atoms with Crippen molar-refractivity contribution in [3.8, 4) is 11.5 Å². The Morgan fingerprint density at radius 1 is 1.19 bits per heavy atom. The number of nitrogens with one attached hydrogen (secondary N) is 1. The SMILES string of the molecule is COc1cc(/C=N\NC(=O)c2ccco2)ccc1OCc1ccc(F)cc1. The summed E-state index contributed by atoms with van der Waals surface area (Å²) in [5.74, 6) is 0.493. The second-order valence-corrected chi connectivity index (χ2v) is 5.50. The van der Waals surface area contributed by atoms with Gasteiger partial charge in [-0.2, -0.15) is 5.10 Å². The lowest BCUT2D eigenvalue weighted by atomic mass is 10.2. The Kier molecular flexibility index (Phi) is 5.84. The summed E-state index contributed by atoms with van der Waals surface area (Å²) in [7, 11) is 1.53. The van der Waals surface area contributed by atoms with E-state index >= 15 is 0 Å². The maximum atomic E-state index is 12.9. The molecule has 7 heteroatoms. The highest BCUT2D eigenvalue weighted by atomic mass is 19.1. The molecule has 6 nitrogen and oxygen atoms in total. The first-order valence-electron chi connectivity index (χ1n) is 8.08. The fourth-order valence-electron chi connectivity index (χ4n) is 2.25. The minimum absolute atomic E-state index is 0.175. The summed E-state index contributed by atoms with van der Waals surface area (Å²) in [5.41, 5.74) is 3.92. The van der Waals surface area contributed by atoms with Crippen molar-refractivity contribution in [1.29, 1.82) is 0 Å². The largest absolute Gasteiger partial charge is 0.493 e. The number of hydrogen-bond acceptors (Lipinski definition) is 5. The third-order valence-corrected chi connectivity index (χ3v) is 3.62. The van der Waals surface area contributed by atoms with Gasteiger partial charge < -0.3 is 13.9 Å². The van der Waals surface area contributed by atoms with Gasteiger partial charge >= 0.3 is 5.91 Å². The van der Waals surface area contributed by atoms with Gasteiger partial charge in [0.05, 0.1) is 19.6 Å². The number of hydrazone groups is 1. The number of methoxy groups -OCH3 is 1. The maximum Gasteiger partial charge on any atom is 0.307 e. The van der Waals surface area contributed by atoms with Crippen LogP contribution in [0.1, 0.15) is 21.7 Å². The normalized spacial score (nSPS) is 10.7. The molecule has 0 saturated heterocycles. The zero-order chi connectivity index (χ0) is 19.1. The Labute approximate surface area is 155 Å². The van der Waals surface area contributed by atoms with Gasteiger partial charge in [-0.1, -0.05) is 12.1 Å². The summed E-state index contributed by atoms with van der Waals surface area (Å²) in [5, 5.41) is 3.89. The van der Waals surface area contributed by atoms with Gasteiger partial charge in [0.2, 0.25) is 0 Å². The second kappa shape index (κ2) is 8.66. The zero-order valence-corrected chi connectivity index (χ0v) is 14.5. The molecule has 0 aliphatic heterocycles. The van der Waals surface area contributed by atoms with Crippen molar-refractivity contribution < 1.29 is 23.1 Å². The first-order valence-corrected chi connectivity index (χ1v) is 8.08. The molecule has 3 aromatic rings. The summed E-state index contributed by atoms with van der Waals surface area (Å²) in [4.78, 5) is 11.7. The zero-order valence-electron chi connectivity index (χ0n) is 14.5. The highest BCUT2D eigenvalue weighted by Crippen LogP contribution is 2.28. The average molecular weight is 368 g/mol. The van der Waals surface area contributed by atoms with Crippen LogP contribution >= 0.6 is 0 Å². The molecule has 0 saturated carbocycles. The van der Waals surface area contributed by atoms with E-state index in [1.807, 2.05) is 0 Å². The predicted octanol–water partition coefficient (Wildman–Crippen LogP) is 3.77. The molecule has 2 aromatic carbocycles. The summed E-state index contributed by atoms with van der Waals surface area (Å²) < 4.78 is 29.0. The molecule has 0 bridgehead atoms. The predicted molar refractivity (Wildman–Crippen MR) is 97.5 cm³/mol. The van der Waals surface area contributed by atoms with Crippen molar-refractivity contribution in [2.75, 3.05) is 7.11 Å². The van der Waals surface area contributed by atoms with Gasteiger partial charge in [-0.15, -0.1) is 0 Å². The van der Waals surface area contributed by atoms with Crippen molar-refractivity contribution in [2.24, 2.45) is 5.10 Å². The van der Waals surface area contributed by atoms with Crippen molar-refractivity contribution in [3.05, 3.63) is 83.6 Å². The molecule has 3 rings (SSSR count). The first kappa shape index (κ1) is 18.2. The Hall–Kier alpha value is -3.61. The fourth-order valence-corrected chi connectivity index (χ4v) is 2.25. The Balaban J connectivity index is 1.62. The quantitative estimate of drug-likeness (QED) is 0.509. The lowest BCUT2D eigenvalue weighted by Gasteiger charge is -2.11. The maximum absolute atomic E-state index is 12.9. The van der Waals surface area contributed by atoms with Gasteiger partial charge in [-0.05, 0) is 53.6 Å². The molecule has 0 spiro atoms. The molecule has 1 amide bonds. The van der Waals surface area contributed by atoms with E-state index in [-0.39, 0.29) is 18.2 Å². The van der Waals surface area contributed by atoms with Crippen LogP contribution in [0.25, 0.3) is 0 Å². The van der Waals surface area contributed by atoms with Gasteiger partial charge in [0.1, 0.15) is 12.4 Å². The van der Waals surface area contributed by atoms with E-state index in [4.69, 9.17) is 13.9 Å². The van der Waals surface area contributed by atoms with E-state index in [1.54, 1.807) is 42.5 Å². The number of amides is 1. The van der Waals surface area contributed by atoms with Crippen LogP contribution in [0.2, 0.25) is 0 Å². The van der Waals surface area contributed by atoms with Crippen LogP contribution in [0.4, 0.5) is 4.39 Å². The topological polar surface area (TPSA) is 73.1 Å². The lowest BCUT2D eigenvalue weighted by molar-refractivity contribution is 0.0927. The third kappa shape index (κ3) is 4.94. The summed E-state index contributed by atoms with van der Waals surface area (Å²) in [6, 6.07) is 14.5. The van der Waals surface area contributed by atoms with Crippen LogP contribution in [-0.2, 0) is 6.61 Å². The van der Waals surface area contributed by atoms with Crippen LogP contribution in [0.15, 0.2) is 70.4 Å². The molecular formula is C20H17FN2O4. The van der Waals surface area contributed by atoms with Crippen molar-refractivity contribution in [2.45, 2.75) is 6.61 Å². The van der Waals surface area contributed by atoms with Gasteiger partial charge in [0, 0.05) is 0 Å². The molecule has 0 unspecified atom stereocenters. The molecule has 0 aliphatic rings. The number of benzene rings is 2. The minimum Gasteiger partial charge on any atom is -0.493 e. The molecule has 27 heavy (non-hydrogen) atoms. The molecular weight excluding hydrogens is 351 g/mol. The lowest BCUT2D eigenvalue weighted by Crippen LogP contribution is -2.16.